The molecule has 0 bridgehead atoms. The fourth-order valence-corrected chi connectivity index (χ4v) is 6.41. The van der Waals surface area contributed by atoms with Gasteiger partial charge in [0.2, 0.25) is 5.91 Å². The van der Waals surface area contributed by atoms with E-state index in [0.717, 1.165) is 50.3 Å². The zero-order chi connectivity index (χ0) is 28.9. The van der Waals surface area contributed by atoms with Crippen molar-refractivity contribution in [3.05, 3.63) is 53.2 Å². The number of ether oxygens (including phenoxy) is 1. The molecule has 5 rings (SSSR count). The van der Waals surface area contributed by atoms with E-state index in [4.69, 9.17) is 22.2 Å². The number of allylic oxidation sites excluding steroid dienone is 1. The molecule has 4 aliphatic heterocycles. The Morgan fingerprint density at radius 2 is 1.98 bits per heavy atom. The molecule has 0 aliphatic carbocycles. The van der Waals surface area contributed by atoms with Gasteiger partial charge in [0.05, 0.1) is 17.4 Å². The Labute approximate surface area is 247 Å². The summed E-state index contributed by atoms with van der Waals surface area (Å²) < 4.78 is 6.19. The number of rotatable bonds is 8. The number of likely N-dealkylation sites (tertiary alicyclic amines) is 2. The molecule has 4 N–H and O–H groups in total. The zero-order valence-corrected chi connectivity index (χ0v) is 24.8. The number of halogens is 1. The molecule has 3 atom stereocenters. The van der Waals surface area contributed by atoms with E-state index in [0.29, 0.717) is 36.0 Å². The van der Waals surface area contributed by atoms with Gasteiger partial charge in [0.15, 0.2) is 6.29 Å². The second-order valence-electron chi connectivity index (χ2n) is 11.2. The lowest BCUT2D eigenvalue weighted by Gasteiger charge is -2.40. The molecule has 0 radical (unpaired) electrons. The molecule has 0 aromatic heterocycles. The van der Waals surface area contributed by atoms with Gasteiger partial charge in [-0.3, -0.25) is 14.5 Å². The van der Waals surface area contributed by atoms with Gasteiger partial charge >= 0.3 is 0 Å². The van der Waals surface area contributed by atoms with Crippen LogP contribution in [0, 0.1) is 0 Å². The summed E-state index contributed by atoms with van der Waals surface area (Å²) in [4.78, 5) is 32.9. The minimum absolute atomic E-state index is 0.0138. The first-order valence-corrected chi connectivity index (χ1v) is 15.1. The first kappa shape index (κ1) is 29.3. The number of hydrogen-bond acceptors (Lipinski definition) is 8. The summed E-state index contributed by atoms with van der Waals surface area (Å²) in [6.07, 6.45) is 13.1. The van der Waals surface area contributed by atoms with Crippen LogP contribution in [0.5, 0.6) is 5.75 Å². The monoisotopic (exact) mass is 583 g/mol. The van der Waals surface area contributed by atoms with Gasteiger partial charge in [0, 0.05) is 31.2 Å². The first-order valence-electron chi connectivity index (χ1n) is 14.7. The number of fused-ring (bicyclic) bond motifs is 1. The number of nitrogens with two attached hydrogens (primary N) is 1. The van der Waals surface area contributed by atoms with E-state index in [-0.39, 0.29) is 23.9 Å². The largest absolute Gasteiger partial charge is 0.491 e. The van der Waals surface area contributed by atoms with Gasteiger partial charge < -0.3 is 25.2 Å². The van der Waals surface area contributed by atoms with Crippen LogP contribution in [0.4, 0.5) is 11.4 Å². The standard InChI is InChI=1S/C30H42ClN7O3/c1-3-8-26(39)36-16-5-4-9-23(20-36)37-28-24(10-11-25(27(28)31)41-18-17-35-14-6-7-15-35)34-30(37)38(32)29(40)22-12-13-33-21(2)19-22/h3,8,10-13,19,21,23,30,33-34H,4-7,9,14-18,20,32H2,1-2H3/b8-3+/t21?,23-,30?/m1/s1. The van der Waals surface area contributed by atoms with Crippen molar-refractivity contribution in [2.45, 2.75) is 64.3 Å². The lowest BCUT2D eigenvalue weighted by molar-refractivity contribution is -0.129. The highest BCUT2D eigenvalue weighted by atomic mass is 35.5. The molecular formula is C30H42ClN7O3. The molecule has 222 valence electrons. The van der Waals surface area contributed by atoms with Gasteiger partial charge in [-0.05, 0) is 95.6 Å². The van der Waals surface area contributed by atoms with Crippen molar-refractivity contribution in [2.24, 2.45) is 5.84 Å². The van der Waals surface area contributed by atoms with Gasteiger partial charge in [0.25, 0.3) is 5.91 Å². The van der Waals surface area contributed by atoms with Crippen LogP contribution in [0.3, 0.4) is 0 Å². The molecule has 0 spiro atoms. The average Bonchev–Trinajstić information content (AvgIpc) is 3.56. The van der Waals surface area contributed by atoms with Gasteiger partial charge in [-0.2, -0.15) is 0 Å². The number of nitrogens with zero attached hydrogens (tertiary/aromatic N) is 4. The van der Waals surface area contributed by atoms with Crippen molar-refractivity contribution in [3.8, 4) is 5.75 Å². The Morgan fingerprint density at radius 3 is 2.73 bits per heavy atom. The van der Waals surface area contributed by atoms with E-state index < -0.39 is 6.29 Å². The molecule has 2 saturated heterocycles. The Hall–Kier alpha value is -3.21. The van der Waals surface area contributed by atoms with Crippen LogP contribution in [0.1, 0.15) is 46.0 Å². The summed E-state index contributed by atoms with van der Waals surface area (Å²) >= 11 is 7.08. The number of carbonyl (C=O) groups excluding carboxylic acids is 2. The number of anilines is 2. The number of amides is 2. The average molecular weight is 584 g/mol. The minimum atomic E-state index is -0.698. The third-order valence-corrected chi connectivity index (χ3v) is 8.57. The molecule has 41 heavy (non-hydrogen) atoms. The summed E-state index contributed by atoms with van der Waals surface area (Å²) in [7, 11) is 0. The first-order chi connectivity index (χ1) is 19.9. The summed E-state index contributed by atoms with van der Waals surface area (Å²) in [5.41, 5.74) is 2.03. The molecule has 2 amide bonds. The Balaban J connectivity index is 1.45. The van der Waals surface area contributed by atoms with Crippen molar-refractivity contribution >= 4 is 34.8 Å². The highest BCUT2D eigenvalue weighted by Crippen LogP contribution is 2.47. The summed E-state index contributed by atoms with van der Waals surface area (Å²) in [5, 5.41) is 8.32. The highest BCUT2D eigenvalue weighted by molar-refractivity contribution is 6.35. The number of carbonyl (C=O) groups is 2. The van der Waals surface area contributed by atoms with Crippen molar-refractivity contribution in [1.82, 2.24) is 20.1 Å². The third-order valence-electron chi connectivity index (χ3n) is 8.21. The smallest absolute Gasteiger partial charge is 0.270 e. The van der Waals surface area contributed by atoms with Gasteiger partial charge in [-0.1, -0.05) is 17.7 Å². The second-order valence-corrected chi connectivity index (χ2v) is 11.5. The molecule has 1 aromatic rings. The Kier molecular flexibility index (Phi) is 9.42. The molecule has 0 saturated carbocycles. The van der Waals surface area contributed by atoms with Crippen LogP contribution >= 0.6 is 11.6 Å². The van der Waals surface area contributed by atoms with Gasteiger partial charge in [0.1, 0.15) is 17.4 Å². The van der Waals surface area contributed by atoms with Crippen LogP contribution in [0.25, 0.3) is 0 Å². The number of hydrazine groups is 1. The Morgan fingerprint density at radius 1 is 1.20 bits per heavy atom. The van der Waals surface area contributed by atoms with Crippen LogP contribution in [0.2, 0.25) is 5.02 Å². The number of hydrogen-bond donors (Lipinski definition) is 3. The number of dihydropyridines is 1. The van der Waals surface area contributed by atoms with Gasteiger partial charge in [-0.25, -0.2) is 10.9 Å². The maximum Gasteiger partial charge on any atom is 0.270 e. The molecule has 4 aliphatic rings. The molecule has 2 fully saturated rings. The second kappa shape index (κ2) is 13.2. The quantitative estimate of drug-likeness (QED) is 0.185. The molecule has 11 heteroatoms. The van der Waals surface area contributed by atoms with E-state index >= 15 is 0 Å². The van der Waals surface area contributed by atoms with Crippen molar-refractivity contribution in [2.75, 3.05) is 49.5 Å². The van der Waals surface area contributed by atoms with Crippen molar-refractivity contribution in [1.29, 1.82) is 0 Å². The SMILES string of the molecule is C/C=C/C(=O)N1CCCC[C@@H](N2c3c(ccc(OCCN4CCCC4)c3Cl)NC2N(N)C(=O)C2=CC(C)NC=C2)C1. The highest BCUT2D eigenvalue weighted by Gasteiger charge is 2.42. The normalized spacial score (nSPS) is 24.5. The number of nitrogens with one attached hydrogen (secondary N) is 2. The lowest BCUT2D eigenvalue weighted by atomic mass is 10.1. The fraction of sp³-hybridized carbons (Fsp3) is 0.533. The van der Waals surface area contributed by atoms with Gasteiger partial charge in [-0.15, -0.1) is 0 Å². The number of benzene rings is 1. The van der Waals surface area contributed by atoms with E-state index in [1.165, 1.54) is 17.9 Å². The van der Waals surface area contributed by atoms with E-state index in [1.54, 1.807) is 24.4 Å². The molecule has 2 unspecified atom stereocenters. The molecule has 10 nitrogen and oxygen atoms in total. The summed E-state index contributed by atoms with van der Waals surface area (Å²) in [5.74, 6) is 6.88. The fourth-order valence-electron chi connectivity index (χ4n) is 6.09. The predicted molar refractivity (Wildman–Crippen MR) is 162 cm³/mol. The van der Waals surface area contributed by atoms with E-state index in [1.807, 2.05) is 37.0 Å². The minimum Gasteiger partial charge on any atom is -0.491 e. The molecule has 4 heterocycles. The summed E-state index contributed by atoms with van der Waals surface area (Å²) in [6, 6.07) is 3.69. The lowest BCUT2D eigenvalue weighted by Crippen LogP contribution is -2.60. The van der Waals surface area contributed by atoms with E-state index in [9.17, 15) is 9.59 Å². The van der Waals surface area contributed by atoms with Crippen LogP contribution in [0.15, 0.2) is 48.2 Å². The van der Waals surface area contributed by atoms with Crippen molar-refractivity contribution in [3.63, 3.8) is 0 Å². The van der Waals surface area contributed by atoms with Crippen LogP contribution in [-0.2, 0) is 9.59 Å². The summed E-state index contributed by atoms with van der Waals surface area (Å²) in [6.45, 7) is 8.58. The molecular weight excluding hydrogens is 542 g/mol. The van der Waals surface area contributed by atoms with Crippen molar-refractivity contribution < 1.29 is 14.3 Å². The molecule has 1 aromatic carbocycles. The third kappa shape index (κ3) is 6.50. The predicted octanol–water partition coefficient (Wildman–Crippen LogP) is 3.42. The Bertz CT molecular complexity index is 1210. The zero-order valence-electron chi connectivity index (χ0n) is 24.0. The maximum absolute atomic E-state index is 13.6. The van der Waals surface area contributed by atoms with Crippen LogP contribution in [-0.4, -0.2) is 84.3 Å². The topological polar surface area (TPSA) is 106 Å². The van der Waals surface area contributed by atoms with Crippen LogP contribution < -0.4 is 26.1 Å². The van der Waals surface area contributed by atoms with E-state index in [2.05, 4.69) is 20.4 Å². The maximum atomic E-state index is 13.6.